The van der Waals surface area contributed by atoms with E-state index in [1.807, 2.05) is 0 Å². The van der Waals surface area contributed by atoms with Crippen molar-refractivity contribution in [2.75, 3.05) is 6.54 Å². The molecule has 3 N–H and O–H groups in total. The highest BCUT2D eigenvalue weighted by atomic mass is 35.5. The number of hydrogen-bond acceptors (Lipinski definition) is 3. The van der Waals surface area contributed by atoms with Crippen molar-refractivity contribution in [2.45, 2.75) is 31.1 Å². The minimum atomic E-state index is -0.529. The van der Waals surface area contributed by atoms with E-state index in [4.69, 9.17) is 0 Å². The van der Waals surface area contributed by atoms with Gasteiger partial charge in [-0.2, -0.15) is 0 Å². The number of aliphatic hydroxyl groups is 2. The molecule has 11 heavy (non-hydrogen) atoms. The molecule has 3 nitrogen and oxygen atoms in total. The van der Waals surface area contributed by atoms with Gasteiger partial charge in [-0.05, 0) is 25.3 Å². The van der Waals surface area contributed by atoms with Gasteiger partial charge in [0.25, 0.3) is 0 Å². The van der Waals surface area contributed by atoms with Crippen LogP contribution in [0.3, 0.4) is 0 Å². The Morgan fingerprint density at radius 3 is 2.64 bits per heavy atom. The monoisotopic (exact) mass is 179 g/mol. The summed E-state index contributed by atoms with van der Waals surface area (Å²) < 4.78 is 0. The quantitative estimate of drug-likeness (QED) is 0.471. The molecule has 2 rings (SSSR count). The Labute approximate surface area is 72.2 Å². The van der Waals surface area contributed by atoms with Crippen molar-refractivity contribution >= 4 is 12.4 Å². The molecular formula is C7H14ClNO2. The molecule has 4 atom stereocenters. The lowest BCUT2D eigenvalue weighted by atomic mass is 9.86. The molecule has 66 valence electrons. The summed E-state index contributed by atoms with van der Waals surface area (Å²) in [6.45, 7) is 0.971. The second-order valence-corrected chi connectivity index (χ2v) is 3.41. The Balaban J connectivity index is 0.000000605. The Kier molecular flexibility index (Phi) is 2.75. The standard InChI is InChI=1S/C7H13NO2.ClH/c9-6-2-4-1-5(7(6)10)8-3-4;/h4-10H,1-3H2;1H/t4-,5+,6+,7-;/m1./s1. The lowest BCUT2D eigenvalue weighted by molar-refractivity contribution is -0.0244. The van der Waals surface area contributed by atoms with Crippen LogP contribution >= 0.6 is 12.4 Å². The maximum absolute atomic E-state index is 9.35. The molecule has 0 aromatic carbocycles. The highest BCUT2D eigenvalue weighted by Gasteiger charge is 2.39. The molecule has 1 aliphatic heterocycles. The molecule has 0 radical (unpaired) electrons. The molecule has 1 saturated heterocycles. The van der Waals surface area contributed by atoms with Crippen molar-refractivity contribution in [3.8, 4) is 0 Å². The number of halogens is 1. The third kappa shape index (κ3) is 1.51. The number of hydrogen-bond donors (Lipinski definition) is 3. The van der Waals surface area contributed by atoms with E-state index in [0.717, 1.165) is 19.4 Å². The molecule has 4 heteroatoms. The van der Waals surface area contributed by atoms with Gasteiger partial charge in [-0.1, -0.05) is 0 Å². The second kappa shape index (κ2) is 3.27. The van der Waals surface area contributed by atoms with Gasteiger partial charge in [0.2, 0.25) is 0 Å². The first-order chi connectivity index (χ1) is 4.77. The molecular weight excluding hydrogens is 166 g/mol. The predicted molar refractivity (Wildman–Crippen MR) is 43.8 cm³/mol. The van der Waals surface area contributed by atoms with Gasteiger partial charge in [0.1, 0.15) is 0 Å². The van der Waals surface area contributed by atoms with Gasteiger partial charge >= 0.3 is 0 Å². The summed E-state index contributed by atoms with van der Waals surface area (Å²) in [5.41, 5.74) is 0. The Morgan fingerprint density at radius 2 is 1.91 bits per heavy atom. The summed E-state index contributed by atoms with van der Waals surface area (Å²) >= 11 is 0. The van der Waals surface area contributed by atoms with Crippen molar-refractivity contribution < 1.29 is 10.2 Å². The van der Waals surface area contributed by atoms with Crippen molar-refractivity contribution in [1.29, 1.82) is 0 Å². The number of aliphatic hydroxyl groups excluding tert-OH is 2. The molecule has 1 heterocycles. The third-order valence-electron chi connectivity index (χ3n) is 2.64. The van der Waals surface area contributed by atoms with E-state index >= 15 is 0 Å². The summed E-state index contributed by atoms with van der Waals surface area (Å²) in [7, 11) is 0. The van der Waals surface area contributed by atoms with Gasteiger partial charge < -0.3 is 15.5 Å². The van der Waals surface area contributed by atoms with E-state index in [0.29, 0.717) is 5.92 Å². The molecule has 0 spiro atoms. The molecule has 0 aromatic heterocycles. The fraction of sp³-hybridized carbons (Fsp3) is 1.00. The van der Waals surface area contributed by atoms with Crippen LogP contribution in [0.5, 0.6) is 0 Å². The molecule has 0 aromatic rings. The van der Waals surface area contributed by atoms with Crippen molar-refractivity contribution in [3.05, 3.63) is 0 Å². The first-order valence-electron chi connectivity index (χ1n) is 3.87. The van der Waals surface area contributed by atoms with Gasteiger partial charge in [0.15, 0.2) is 0 Å². The minimum Gasteiger partial charge on any atom is -0.390 e. The first kappa shape index (κ1) is 9.26. The van der Waals surface area contributed by atoms with Crippen LogP contribution in [0.1, 0.15) is 12.8 Å². The SMILES string of the molecule is Cl.O[C@@H]1[C@@H]2C[C@@H](CN2)C[C@@H]1O. The summed E-state index contributed by atoms with van der Waals surface area (Å²) in [4.78, 5) is 0. The highest BCUT2D eigenvalue weighted by molar-refractivity contribution is 5.85. The maximum Gasteiger partial charge on any atom is 0.0951 e. The smallest absolute Gasteiger partial charge is 0.0951 e. The highest BCUT2D eigenvalue weighted by Crippen LogP contribution is 2.29. The van der Waals surface area contributed by atoms with Crippen LogP contribution in [0.2, 0.25) is 0 Å². The van der Waals surface area contributed by atoms with Crippen LogP contribution < -0.4 is 5.32 Å². The van der Waals surface area contributed by atoms with Gasteiger partial charge in [0, 0.05) is 6.04 Å². The number of fused-ring (bicyclic) bond motifs is 2. The van der Waals surface area contributed by atoms with Gasteiger partial charge in [-0.3, -0.25) is 0 Å². The first-order valence-corrected chi connectivity index (χ1v) is 3.87. The zero-order chi connectivity index (χ0) is 7.14. The minimum absolute atomic E-state index is 0. The Morgan fingerprint density at radius 1 is 1.18 bits per heavy atom. The van der Waals surface area contributed by atoms with E-state index < -0.39 is 12.2 Å². The van der Waals surface area contributed by atoms with Crippen LogP contribution in [-0.4, -0.2) is 35.0 Å². The second-order valence-electron chi connectivity index (χ2n) is 3.41. The normalized spacial score (nSPS) is 48.5. The third-order valence-corrected chi connectivity index (χ3v) is 2.64. The Hall–Kier alpha value is 0.170. The van der Waals surface area contributed by atoms with Gasteiger partial charge in [-0.25, -0.2) is 0 Å². The summed E-state index contributed by atoms with van der Waals surface area (Å²) in [6.07, 6.45) is 0.792. The molecule has 1 saturated carbocycles. The average molecular weight is 180 g/mol. The van der Waals surface area contributed by atoms with Crippen LogP contribution in [0.25, 0.3) is 0 Å². The van der Waals surface area contributed by atoms with Gasteiger partial charge in [-0.15, -0.1) is 12.4 Å². The fourth-order valence-electron chi connectivity index (χ4n) is 2.03. The van der Waals surface area contributed by atoms with Crippen molar-refractivity contribution in [3.63, 3.8) is 0 Å². The summed E-state index contributed by atoms with van der Waals surface area (Å²) in [5.74, 6) is 0.600. The number of rotatable bonds is 0. The van der Waals surface area contributed by atoms with E-state index in [1.54, 1.807) is 0 Å². The van der Waals surface area contributed by atoms with Crippen LogP contribution in [0, 0.1) is 5.92 Å². The molecule has 2 fully saturated rings. The molecule has 2 bridgehead atoms. The van der Waals surface area contributed by atoms with Crippen LogP contribution in [0.4, 0.5) is 0 Å². The van der Waals surface area contributed by atoms with Crippen molar-refractivity contribution in [1.82, 2.24) is 5.32 Å². The summed E-state index contributed by atoms with van der Waals surface area (Å²) in [5, 5.41) is 21.8. The zero-order valence-electron chi connectivity index (χ0n) is 6.23. The molecule has 1 aliphatic carbocycles. The van der Waals surface area contributed by atoms with Crippen LogP contribution in [-0.2, 0) is 0 Å². The average Bonchev–Trinajstić information content (AvgIpc) is 2.29. The van der Waals surface area contributed by atoms with Crippen LogP contribution in [0.15, 0.2) is 0 Å². The number of nitrogens with one attached hydrogen (secondary N) is 1. The largest absolute Gasteiger partial charge is 0.390 e. The maximum atomic E-state index is 9.35. The zero-order valence-corrected chi connectivity index (χ0v) is 7.05. The lowest BCUT2D eigenvalue weighted by Gasteiger charge is -2.28. The predicted octanol–water partition coefficient (Wildman–Crippen LogP) is -0.488. The summed E-state index contributed by atoms with van der Waals surface area (Å²) in [6, 6.07) is 0.161. The molecule has 2 aliphatic rings. The fourth-order valence-corrected chi connectivity index (χ4v) is 2.03. The van der Waals surface area contributed by atoms with E-state index in [1.165, 1.54) is 0 Å². The molecule has 0 amide bonds. The lowest BCUT2D eigenvalue weighted by Crippen LogP contribution is -2.44. The Bertz CT molecular complexity index is 144. The van der Waals surface area contributed by atoms with Gasteiger partial charge in [0.05, 0.1) is 12.2 Å². The van der Waals surface area contributed by atoms with Crippen molar-refractivity contribution in [2.24, 2.45) is 5.92 Å². The van der Waals surface area contributed by atoms with E-state index in [9.17, 15) is 10.2 Å². The topological polar surface area (TPSA) is 52.5 Å². The van der Waals surface area contributed by atoms with E-state index in [2.05, 4.69) is 5.32 Å². The van der Waals surface area contributed by atoms with E-state index in [-0.39, 0.29) is 18.4 Å². The molecule has 0 unspecified atom stereocenters.